The van der Waals surface area contributed by atoms with Crippen LogP contribution in [0.3, 0.4) is 0 Å². The monoisotopic (exact) mass is 621 g/mol. The minimum Gasteiger partial charge on any atom is -0.350 e. The Morgan fingerprint density at radius 3 is 2.73 bits per heavy atom. The Balaban J connectivity index is 1.66. The molecule has 2 unspecified atom stereocenters. The van der Waals surface area contributed by atoms with Crippen LogP contribution >= 0.6 is 34.9 Å². The molecule has 0 saturated heterocycles. The van der Waals surface area contributed by atoms with Gasteiger partial charge in [0, 0.05) is 23.3 Å². The number of rotatable bonds is 11. The van der Waals surface area contributed by atoms with Crippen molar-refractivity contribution >= 4 is 62.7 Å². The smallest absolute Gasteiger partial charge is 0.249 e. The Kier molecular flexibility index (Phi) is 13.4. The standard InChI is InChI=1S/C29H43N5O4S3/c1-5-6-7-8-9-13-24(36)39-14-11-10-12-20-15-22(35)30-16-23-32-21(17-40-23)27-34-29(4,18-41-27)28(38)33-25(19(2)3)26(37)31-20/h10,12,17,19-20,25H,5-9,11,13-16,18H2,1-4H3,(H,30,35)(H,31,37)(H,33,38)/b12-10+/t20?,25?,29-/m0/s1. The molecular weight excluding hydrogens is 579 g/mol. The minimum absolute atomic E-state index is 0.0450. The van der Waals surface area contributed by atoms with Crippen molar-refractivity contribution in [3.63, 3.8) is 0 Å². The lowest BCUT2D eigenvalue weighted by molar-refractivity contribution is -0.132. The summed E-state index contributed by atoms with van der Waals surface area (Å²) in [6, 6.07) is -1.35. The topological polar surface area (TPSA) is 130 Å². The third-order valence-corrected chi connectivity index (χ3v) is 10.00. The van der Waals surface area contributed by atoms with E-state index in [2.05, 4.69) is 32.9 Å². The lowest BCUT2D eigenvalue weighted by Gasteiger charge is -2.27. The summed E-state index contributed by atoms with van der Waals surface area (Å²) in [5.74, 6) is 0.0389. The molecule has 41 heavy (non-hydrogen) atoms. The van der Waals surface area contributed by atoms with Gasteiger partial charge in [0.05, 0.1) is 19.0 Å². The number of aliphatic imine (C=N–C) groups is 1. The van der Waals surface area contributed by atoms with Crippen LogP contribution in [0.15, 0.2) is 22.5 Å². The van der Waals surface area contributed by atoms with Crippen LogP contribution in [-0.4, -0.2) is 62.0 Å². The number of unbranched alkanes of at least 4 members (excludes halogenated alkanes) is 4. The predicted octanol–water partition coefficient (Wildman–Crippen LogP) is 4.61. The van der Waals surface area contributed by atoms with Gasteiger partial charge in [0.15, 0.2) is 5.12 Å². The van der Waals surface area contributed by atoms with Crippen LogP contribution in [-0.2, 0) is 25.7 Å². The van der Waals surface area contributed by atoms with Crippen molar-refractivity contribution in [2.24, 2.45) is 10.9 Å². The number of hydrogen-bond acceptors (Lipinski definition) is 9. The van der Waals surface area contributed by atoms with E-state index in [1.807, 2.05) is 31.4 Å². The highest BCUT2D eigenvalue weighted by atomic mass is 32.2. The maximum atomic E-state index is 13.4. The summed E-state index contributed by atoms with van der Waals surface area (Å²) in [7, 11) is 0. The zero-order chi connectivity index (χ0) is 29.8. The Morgan fingerprint density at radius 2 is 1.98 bits per heavy atom. The molecule has 2 aliphatic rings. The average Bonchev–Trinajstić information content (AvgIpc) is 3.56. The van der Waals surface area contributed by atoms with Gasteiger partial charge in [0.2, 0.25) is 17.7 Å². The first-order chi connectivity index (χ1) is 19.6. The highest BCUT2D eigenvalue weighted by Gasteiger charge is 2.41. The van der Waals surface area contributed by atoms with E-state index in [1.54, 1.807) is 6.92 Å². The number of thiazole rings is 1. The number of hydrogen-bond donors (Lipinski definition) is 3. The van der Waals surface area contributed by atoms with Crippen LogP contribution in [0.25, 0.3) is 0 Å². The maximum Gasteiger partial charge on any atom is 0.249 e. The predicted molar refractivity (Wildman–Crippen MR) is 169 cm³/mol. The molecule has 3 amide bonds. The van der Waals surface area contributed by atoms with E-state index in [0.29, 0.717) is 35.1 Å². The number of allylic oxidation sites excluding steroid dienone is 1. The normalized spacial score (nSPS) is 23.8. The average molecular weight is 622 g/mol. The molecule has 3 heterocycles. The molecular formula is C29H43N5O4S3. The van der Waals surface area contributed by atoms with Gasteiger partial charge in [-0.05, 0) is 25.7 Å². The molecule has 3 N–H and O–H groups in total. The van der Waals surface area contributed by atoms with Gasteiger partial charge >= 0.3 is 0 Å². The molecule has 1 aromatic heterocycles. The number of thioether (sulfide) groups is 2. The van der Waals surface area contributed by atoms with Gasteiger partial charge in [-0.3, -0.25) is 24.2 Å². The van der Waals surface area contributed by atoms with Crippen molar-refractivity contribution in [3.8, 4) is 0 Å². The summed E-state index contributed by atoms with van der Waals surface area (Å²) in [6.45, 7) is 7.96. The van der Waals surface area contributed by atoms with Crippen molar-refractivity contribution in [2.75, 3.05) is 11.5 Å². The zero-order valence-electron chi connectivity index (χ0n) is 24.5. The quantitative estimate of drug-likeness (QED) is 0.243. The van der Waals surface area contributed by atoms with E-state index in [1.165, 1.54) is 54.1 Å². The lowest BCUT2D eigenvalue weighted by atomic mass is 9.99. The third kappa shape index (κ3) is 10.6. The summed E-state index contributed by atoms with van der Waals surface area (Å²) in [6.07, 6.45) is 10.6. The number of nitrogens with zero attached hydrogens (tertiary/aromatic N) is 2. The Bertz CT molecular complexity index is 1140. The summed E-state index contributed by atoms with van der Waals surface area (Å²) < 4.78 is 0. The molecule has 0 spiro atoms. The molecule has 1 aromatic rings. The Labute approximate surface area is 256 Å². The Hall–Kier alpha value is -2.18. The minimum atomic E-state index is -1.01. The van der Waals surface area contributed by atoms with E-state index < -0.39 is 17.6 Å². The van der Waals surface area contributed by atoms with Crippen LogP contribution in [0, 0.1) is 5.92 Å². The van der Waals surface area contributed by atoms with Gasteiger partial charge in [0.1, 0.15) is 27.3 Å². The van der Waals surface area contributed by atoms with Gasteiger partial charge in [0.25, 0.3) is 0 Å². The lowest BCUT2D eigenvalue weighted by Crippen LogP contribution is -2.56. The van der Waals surface area contributed by atoms with E-state index >= 15 is 0 Å². The highest BCUT2D eigenvalue weighted by Crippen LogP contribution is 2.32. The molecule has 3 atom stereocenters. The molecule has 0 aromatic carbocycles. The van der Waals surface area contributed by atoms with Gasteiger partial charge in [-0.1, -0.05) is 70.4 Å². The first kappa shape index (κ1) is 33.3. The first-order valence-electron chi connectivity index (χ1n) is 14.5. The van der Waals surface area contributed by atoms with Crippen LogP contribution in [0.4, 0.5) is 0 Å². The number of amides is 3. The molecule has 2 aliphatic heterocycles. The highest BCUT2D eigenvalue weighted by molar-refractivity contribution is 8.14. The summed E-state index contributed by atoms with van der Waals surface area (Å²) in [4.78, 5) is 61.0. The van der Waals surface area contributed by atoms with Crippen LogP contribution in [0.1, 0.15) is 89.8 Å². The van der Waals surface area contributed by atoms with Gasteiger partial charge < -0.3 is 16.0 Å². The van der Waals surface area contributed by atoms with E-state index in [9.17, 15) is 19.2 Å². The van der Waals surface area contributed by atoms with Gasteiger partial charge in [-0.15, -0.1) is 23.1 Å². The largest absolute Gasteiger partial charge is 0.350 e. The SMILES string of the molecule is CCCCCCCC(=O)SCC/C=C/C1CC(=O)NCc2nc(cs2)C2=N[C@@](C)(CS2)C(=O)NC(C(C)C)C(=O)N1. The summed E-state index contributed by atoms with van der Waals surface area (Å²) >= 11 is 4.23. The maximum absolute atomic E-state index is 13.4. The van der Waals surface area contributed by atoms with Crippen molar-refractivity contribution in [2.45, 2.75) is 103 Å². The fraction of sp³-hybridized carbons (Fsp3) is 0.655. The van der Waals surface area contributed by atoms with Gasteiger partial charge in [-0.2, -0.15) is 0 Å². The van der Waals surface area contributed by atoms with Crippen LogP contribution in [0.5, 0.6) is 0 Å². The molecule has 226 valence electrons. The molecule has 0 saturated carbocycles. The van der Waals surface area contributed by atoms with Crippen molar-refractivity contribution in [3.05, 3.63) is 28.2 Å². The number of fused-ring (bicyclic) bond motifs is 4. The summed E-state index contributed by atoms with van der Waals surface area (Å²) in [5.41, 5.74) is -0.313. The number of nitrogens with one attached hydrogen (secondary N) is 3. The van der Waals surface area contributed by atoms with E-state index in [0.717, 1.165) is 17.8 Å². The number of aromatic nitrogens is 1. The van der Waals surface area contributed by atoms with Crippen LogP contribution < -0.4 is 16.0 Å². The van der Waals surface area contributed by atoms with Crippen molar-refractivity contribution < 1.29 is 19.2 Å². The summed E-state index contributed by atoms with van der Waals surface area (Å²) in [5, 5.41) is 12.3. The van der Waals surface area contributed by atoms with Crippen molar-refractivity contribution in [1.29, 1.82) is 0 Å². The van der Waals surface area contributed by atoms with Gasteiger partial charge in [-0.25, -0.2) is 4.98 Å². The fourth-order valence-corrected chi connectivity index (χ4v) is 7.09. The number of carbonyl (C=O) groups is 4. The van der Waals surface area contributed by atoms with Crippen molar-refractivity contribution in [1.82, 2.24) is 20.9 Å². The first-order valence-corrected chi connectivity index (χ1v) is 17.3. The van der Waals surface area contributed by atoms with Crippen LogP contribution in [0.2, 0.25) is 0 Å². The molecule has 9 nitrogen and oxygen atoms in total. The fourth-order valence-electron chi connectivity index (χ4n) is 4.40. The molecule has 3 rings (SSSR count). The Morgan fingerprint density at radius 1 is 1.20 bits per heavy atom. The molecule has 4 bridgehead atoms. The van der Waals surface area contributed by atoms with E-state index in [4.69, 9.17) is 0 Å². The molecule has 0 radical (unpaired) electrons. The second kappa shape index (κ2) is 16.5. The molecule has 12 heteroatoms. The second-order valence-corrected chi connectivity index (χ2v) is 14.1. The van der Waals surface area contributed by atoms with E-state index in [-0.39, 0.29) is 41.7 Å². The number of carbonyl (C=O) groups excluding carboxylic acids is 4. The zero-order valence-corrected chi connectivity index (χ0v) is 26.9. The molecule has 0 aliphatic carbocycles. The molecule has 0 fully saturated rings. The third-order valence-electron chi connectivity index (χ3n) is 6.90. The second-order valence-electron chi connectivity index (χ2n) is 11.0.